The number of amides is 1. The number of fused-ring (bicyclic) bond motifs is 1. The molecule has 1 aliphatic carbocycles. The first-order valence-corrected chi connectivity index (χ1v) is 10.1. The summed E-state index contributed by atoms with van der Waals surface area (Å²) in [5.74, 6) is 0.385. The van der Waals surface area contributed by atoms with Crippen LogP contribution in [0.25, 0.3) is 0 Å². The number of carbonyl (C=O) groups is 1. The number of aliphatic hydroxyl groups excluding tert-OH is 1. The van der Waals surface area contributed by atoms with Crippen LogP contribution >= 0.6 is 0 Å². The molecule has 1 amide bonds. The lowest BCUT2D eigenvalue weighted by Gasteiger charge is -2.37. The van der Waals surface area contributed by atoms with Gasteiger partial charge >= 0.3 is 0 Å². The molecule has 4 nitrogen and oxygen atoms in total. The Morgan fingerprint density at radius 3 is 2.46 bits per heavy atom. The smallest absolute Gasteiger partial charge is 0.230 e. The summed E-state index contributed by atoms with van der Waals surface area (Å²) in [5.41, 5.74) is 2.59. The number of carbonyl (C=O) groups excluding carboxylic acids is 1. The summed E-state index contributed by atoms with van der Waals surface area (Å²) in [5, 5.41) is 15.6. The number of allylic oxidation sites excluding steroid dienone is 2. The highest BCUT2D eigenvalue weighted by Gasteiger charge is 2.41. The first-order chi connectivity index (χ1) is 13.2. The molecular weight excluding hydrogens is 348 g/mol. The van der Waals surface area contributed by atoms with E-state index in [1.165, 1.54) is 5.57 Å². The molecule has 0 spiro atoms. The molecule has 0 saturated carbocycles. The minimum Gasteiger partial charge on any atom is -0.396 e. The third kappa shape index (κ3) is 4.39. The van der Waals surface area contributed by atoms with Crippen molar-refractivity contribution in [2.45, 2.75) is 46.6 Å². The molecule has 0 aromatic heterocycles. The Kier molecular flexibility index (Phi) is 5.80. The Hall–Kier alpha value is -2.33. The maximum atomic E-state index is 13.0. The maximum absolute atomic E-state index is 13.0. The molecule has 1 aliphatic heterocycles. The summed E-state index contributed by atoms with van der Waals surface area (Å²) < 4.78 is 0. The van der Waals surface area contributed by atoms with E-state index < -0.39 is 5.41 Å². The number of rotatable bonds is 7. The quantitative estimate of drug-likeness (QED) is 0.664. The monoisotopic (exact) mass is 380 g/mol. The third-order valence-corrected chi connectivity index (χ3v) is 5.82. The van der Waals surface area contributed by atoms with Crippen molar-refractivity contribution in [2.75, 3.05) is 11.9 Å². The van der Waals surface area contributed by atoms with Crippen LogP contribution in [0.3, 0.4) is 0 Å². The molecular formula is C24H32N2O2. The van der Waals surface area contributed by atoms with Gasteiger partial charge in [0.2, 0.25) is 5.91 Å². The van der Waals surface area contributed by atoms with Crippen LogP contribution in [0, 0.1) is 16.7 Å². The minimum atomic E-state index is -0.513. The lowest BCUT2D eigenvalue weighted by atomic mass is 9.67. The minimum absolute atomic E-state index is 0.0256. The van der Waals surface area contributed by atoms with E-state index in [2.05, 4.69) is 55.0 Å². The standard InChI is InChI=1S/C24H32N2O2/c1-23(2,20-15-25-21-8-6-5-7-19(20)21)16-24(3,4)22(28)26-18-11-9-17(10-12-18)13-14-27/h5-12,15,19,21,25,27H,13-14,16H2,1-4H3,(H,26,28). The van der Waals surface area contributed by atoms with Gasteiger partial charge in [-0.15, -0.1) is 0 Å². The second-order valence-electron chi connectivity index (χ2n) is 9.16. The number of anilines is 1. The van der Waals surface area contributed by atoms with Crippen molar-refractivity contribution in [1.82, 2.24) is 5.32 Å². The summed E-state index contributed by atoms with van der Waals surface area (Å²) >= 11 is 0. The number of benzene rings is 1. The van der Waals surface area contributed by atoms with Gasteiger partial charge in [0.15, 0.2) is 0 Å². The van der Waals surface area contributed by atoms with Gasteiger partial charge in [-0.3, -0.25) is 4.79 Å². The highest BCUT2D eigenvalue weighted by molar-refractivity contribution is 5.94. The van der Waals surface area contributed by atoms with E-state index in [1.807, 2.05) is 38.1 Å². The zero-order chi connectivity index (χ0) is 20.4. The van der Waals surface area contributed by atoms with Gasteiger partial charge in [-0.2, -0.15) is 0 Å². The second kappa shape index (κ2) is 7.96. The predicted octanol–water partition coefficient (Wildman–Crippen LogP) is 4.20. The Morgan fingerprint density at radius 1 is 1.11 bits per heavy atom. The van der Waals surface area contributed by atoms with Crippen molar-refractivity contribution in [2.24, 2.45) is 16.7 Å². The van der Waals surface area contributed by atoms with Crippen LogP contribution in [0.15, 0.2) is 60.3 Å². The summed E-state index contributed by atoms with van der Waals surface area (Å²) in [7, 11) is 0. The van der Waals surface area contributed by atoms with Gasteiger partial charge in [-0.1, -0.05) is 64.1 Å². The first-order valence-electron chi connectivity index (χ1n) is 10.1. The molecule has 150 valence electrons. The number of nitrogens with one attached hydrogen (secondary N) is 2. The molecule has 0 saturated heterocycles. The van der Waals surface area contributed by atoms with Crippen molar-refractivity contribution < 1.29 is 9.90 Å². The molecule has 4 heteroatoms. The van der Waals surface area contributed by atoms with Crippen LogP contribution in [0.4, 0.5) is 5.69 Å². The van der Waals surface area contributed by atoms with Gasteiger partial charge in [0.1, 0.15) is 0 Å². The number of hydrogen-bond donors (Lipinski definition) is 3. The molecule has 3 N–H and O–H groups in total. The molecule has 0 radical (unpaired) electrons. The van der Waals surface area contributed by atoms with Gasteiger partial charge in [0, 0.05) is 23.6 Å². The SMILES string of the molecule is CC(C)(CC(C)(C)C1=CNC2C=CC=CC12)C(=O)Nc1ccc(CCO)cc1. The van der Waals surface area contributed by atoms with Gasteiger partial charge in [0.25, 0.3) is 0 Å². The fourth-order valence-corrected chi connectivity index (χ4v) is 4.46. The van der Waals surface area contributed by atoms with E-state index >= 15 is 0 Å². The van der Waals surface area contributed by atoms with Gasteiger partial charge in [-0.05, 0) is 47.7 Å². The fourth-order valence-electron chi connectivity index (χ4n) is 4.46. The molecule has 1 aromatic rings. The third-order valence-electron chi connectivity index (χ3n) is 5.82. The maximum Gasteiger partial charge on any atom is 0.230 e. The van der Waals surface area contributed by atoms with Crippen molar-refractivity contribution in [3.8, 4) is 0 Å². The average molecular weight is 381 g/mol. The molecule has 1 heterocycles. The van der Waals surface area contributed by atoms with Crippen LogP contribution < -0.4 is 10.6 Å². The Balaban J connectivity index is 1.67. The van der Waals surface area contributed by atoms with Crippen LogP contribution in [0.5, 0.6) is 0 Å². The fraction of sp³-hybridized carbons (Fsp3) is 0.458. The highest BCUT2D eigenvalue weighted by atomic mass is 16.3. The topological polar surface area (TPSA) is 61.4 Å². The van der Waals surface area contributed by atoms with Crippen LogP contribution in [0.2, 0.25) is 0 Å². The number of hydrogen-bond acceptors (Lipinski definition) is 3. The van der Waals surface area contributed by atoms with E-state index in [9.17, 15) is 4.79 Å². The molecule has 2 aliphatic rings. The molecule has 2 atom stereocenters. The van der Waals surface area contributed by atoms with Crippen molar-refractivity contribution in [1.29, 1.82) is 0 Å². The molecule has 2 unspecified atom stereocenters. The molecule has 28 heavy (non-hydrogen) atoms. The Labute approximate surface area is 168 Å². The Bertz CT molecular complexity index is 800. The van der Waals surface area contributed by atoms with E-state index in [0.717, 1.165) is 17.7 Å². The largest absolute Gasteiger partial charge is 0.396 e. The molecule has 0 fully saturated rings. The van der Waals surface area contributed by atoms with Crippen LogP contribution in [0.1, 0.15) is 39.7 Å². The predicted molar refractivity (Wildman–Crippen MR) is 115 cm³/mol. The number of aliphatic hydroxyl groups is 1. The second-order valence-corrected chi connectivity index (χ2v) is 9.16. The summed E-state index contributed by atoms with van der Waals surface area (Å²) in [6, 6.07) is 8.02. The van der Waals surface area contributed by atoms with E-state index in [-0.39, 0.29) is 17.9 Å². The van der Waals surface area contributed by atoms with Gasteiger partial charge < -0.3 is 15.7 Å². The van der Waals surface area contributed by atoms with Crippen molar-refractivity contribution >= 4 is 11.6 Å². The van der Waals surface area contributed by atoms with Crippen LogP contribution in [-0.2, 0) is 11.2 Å². The first kappa shape index (κ1) is 20.4. The zero-order valence-corrected chi connectivity index (χ0v) is 17.3. The normalized spacial score (nSPS) is 21.1. The van der Waals surface area contributed by atoms with Gasteiger partial charge in [-0.25, -0.2) is 0 Å². The van der Waals surface area contributed by atoms with Crippen molar-refractivity contribution in [3.05, 3.63) is 65.9 Å². The molecule has 3 rings (SSSR count). The Morgan fingerprint density at radius 2 is 1.79 bits per heavy atom. The summed E-state index contributed by atoms with van der Waals surface area (Å²) in [4.78, 5) is 13.0. The summed E-state index contributed by atoms with van der Waals surface area (Å²) in [6.07, 6.45) is 12.2. The lowest BCUT2D eigenvalue weighted by Crippen LogP contribution is -2.37. The molecule has 0 bridgehead atoms. The van der Waals surface area contributed by atoms with E-state index in [1.54, 1.807) is 0 Å². The average Bonchev–Trinajstić information content (AvgIpc) is 3.08. The van der Waals surface area contributed by atoms with Crippen LogP contribution in [-0.4, -0.2) is 23.7 Å². The molecule has 1 aromatic carbocycles. The van der Waals surface area contributed by atoms with E-state index in [4.69, 9.17) is 5.11 Å². The lowest BCUT2D eigenvalue weighted by molar-refractivity contribution is -0.125. The van der Waals surface area contributed by atoms with Crippen molar-refractivity contribution in [3.63, 3.8) is 0 Å². The van der Waals surface area contributed by atoms with E-state index in [0.29, 0.717) is 18.4 Å². The summed E-state index contributed by atoms with van der Waals surface area (Å²) in [6.45, 7) is 8.62. The zero-order valence-electron chi connectivity index (χ0n) is 17.3. The van der Waals surface area contributed by atoms with Gasteiger partial charge in [0.05, 0.1) is 6.04 Å². The highest BCUT2D eigenvalue weighted by Crippen LogP contribution is 2.45.